The van der Waals surface area contributed by atoms with Crippen molar-refractivity contribution in [3.63, 3.8) is 0 Å². The first-order valence-electron chi connectivity index (χ1n) is 7.94. The maximum absolute atomic E-state index is 12.9. The molecule has 6 nitrogen and oxygen atoms in total. The Balaban J connectivity index is 1.98. The minimum atomic E-state index is -0.564. The zero-order chi connectivity index (χ0) is 17.7. The number of nitrogens with two attached hydrogens (primary N) is 1. The van der Waals surface area contributed by atoms with Crippen LogP contribution < -0.4 is 5.73 Å². The Morgan fingerprint density at radius 2 is 1.71 bits per heavy atom. The van der Waals surface area contributed by atoms with Gasteiger partial charge < -0.3 is 15.5 Å². The molecule has 0 aliphatic carbocycles. The van der Waals surface area contributed by atoms with Crippen LogP contribution in [0, 0.1) is 11.7 Å². The standard InChI is InChI=1S/C17H22FN3O3/c1-12(22)20-8-9-21(11-14(10-20)17(19)24)16(23)7-4-13-2-5-15(18)6-3-13/h2-3,5-6,14H,4,7-11H2,1H3,(H2,19,24). The van der Waals surface area contributed by atoms with E-state index in [-0.39, 0.29) is 37.1 Å². The molecule has 1 heterocycles. The largest absolute Gasteiger partial charge is 0.369 e. The van der Waals surface area contributed by atoms with Gasteiger partial charge in [-0.25, -0.2) is 4.39 Å². The number of nitrogens with zero attached hydrogens (tertiary/aromatic N) is 2. The molecule has 1 aromatic carbocycles. The van der Waals surface area contributed by atoms with Gasteiger partial charge >= 0.3 is 0 Å². The van der Waals surface area contributed by atoms with Crippen molar-refractivity contribution in [2.75, 3.05) is 26.2 Å². The Hall–Kier alpha value is -2.44. The lowest BCUT2D eigenvalue weighted by Gasteiger charge is -2.22. The van der Waals surface area contributed by atoms with Gasteiger partial charge in [0, 0.05) is 39.5 Å². The number of benzene rings is 1. The number of halogens is 1. The van der Waals surface area contributed by atoms with Crippen LogP contribution in [0.25, 0.3) is 0 Å². The van der Waals surface area contributed by atoms with E-state index in [1.807, 2.05) is 0 Å². The van der Waals surface area contributed by atoms with Crippen molar-refractivity contribution in [2.45, 2.75) is 19.8 Å². The summed E-state index contributed by atoms with van der Waals surface area (Å²) >= 11 is 0. The molecule has 1 fully saturated rings. The fourth-order valence-corrected chi connectivity index (χ4v) is 2.77. The van der Waals surface area contributed by atoms with E-state index in [4.69, 9.17) is 5.73 Å². The normalized spacial score (nSPS) is 18.2. The van der Waals surface area contributed by atoms with E-state index in [9.17, 15) is 18.8 Å². The van der Waals surface area contributed by atoms with Gasteiger partial charge in [-0.3, -0.25) is 14.4 Å². The van der Waals surface area contributed by atoms with Crippen LogP contribution in [0.15, 0.2) is 24.3 Å². The van der Waals surface area contributed by atoms with Crippen LogP contribution in [-0.2, 0) is 20.8 Å². The monoisotopic (exact) mass is 335 g/mol. The van der Waals surface area contributed by atoms with Gasteiger partial charge in [0.05, 0.1) is 5.92 Å². The molecular weight excluding hydrogens is 313 g/mol. The highest BCUT2D eigenvalue weighted by molar-refractivity contribution is 5.81. The number of carbonyl (C=O) groups excluding carboxylic acids is 3. The van der Waals surface area contributed by atoms with Gasteiger partial charge in [0.2, 0.25) is 17.7 Å². The van der Waals surface area contributed by atoms with Crippen molar-refractivity contribution in [1.82, 2.24) is 9.80 Å². The van der Waals surface area contributed by atoms with Crippen LogP contribution in [-0.4, -0.2) is 53.7 Å². The molecule has 1 aliphatic heterocycles. The molecule has 7 heteroatoms. The first kappa shape index (κ1) is 17.9. The highest BCUT2D eigenvalue weighted by Crippen LogP contribution is 2.13. The third kappa shape index (κ3) is 4.78. The van der Waals surface area contributed by atoms with Crippen LogP contribution in [0.3, 0.4) is 0 Å². The smallest absolute Gasteiger partial charge is 0.224 e. The summed E-state index contributed by atoms with van der Waals surface area (Å²) in [5, 5.41) is 0. The lowest BCUT2D eigenvalue weighted by atomic mass is 10.1. The number of amides is 3. The maximum atomic E-state index is 12.9. The molecule has 0 bridgehead atoms. The molecule has 0 spiro atoms. The van der Waals surface area contributed by atoms with Crippen LogP contribution in [0.5, 0.6) is 0 Å². The zero-order valence-electron chi connectivity index (χ0n) is 13.7. The molecule has 0 aromatic heterocycles. The summed E-state index contributed by atoms with van der Waals surface area (Å²) in [4.78, 5) is 38.7. The van der Waals surface area contributed by atoms with E-state index in [2.05, 4.69) is 0 Å². The summed E-state index contributed by atoms with van der Waals surface area (Å²) in [5.74, 6) is -1.63. The predicted molar refractivity (Wildman–Crippen MR) is 86.2 cm³/mol. The molecule has 1 unspecified atom stereocenters. The molecule has 2 N–H and O–H groups in total. The predicted octanol–water partition coefficient (Wildman–Crippen LogP) is 0.551. The van der Waals surface area contributed by atoms with Crippen LogP contribution in [0.2, 0.25) is 0 Å². The number of hydrogen-bond acceptors (Lipinski definition) is 3. The first-order valence-corrected chi connectivity index (χ1v) is 7.94. The lowest BCUT2D eigenvalue weighted by Crippen LogP contribution is -2.40. The van der Waals surface area contributed by atoms with Crippen molar-refractivity contribution in [1.29, 1.82) is 0 Å². The summed E-state index contributed by atoms with van der Waals surface area (Å²) in [6.45, 7) is 2.67. The average molecular weight is 335 g/mol. The van der Waals surface area contributed by atoms with Gasteiger partial charge in [0.25, 0.3) is 0 Å². The van der Waals surface area contributed by atoms with E-state index in [1.54, 1.807) is 21.9 Å². The summed E-state index contributed by atoms with van der Waals surface area (Å²) < 4.78 is 12.9. The van der Waals surface area contributed by atoms with Crippen molar-refractivity contribution in [2.24, 2.45) is 11.7 Å². The molecule has 1 aromatic rings. The Kier molecular flexibility index (Phi) is 5.89. The Bertz CT molecular complexity index is 618. The lowest BCUT2D eigenvalue weighted by molar-refractivity contribution is -0.132. The number of primary amides is 1. The van der Waals surface area contributed by atoms with Gasteiger partial charge in [0.15, 0.2) is 0 Å². The second-order valence-electron chi connectivity index (χ2n) is 6.03. The van der Waals surface area contributed by atoms with Crippen molar-refractivity contribution < 1.29 is 18.8 Å². The molecular formula is C17H22FN3O3. The fourth-order valence-electron chi connectivity index (χ4n) is 2.77. The molecule has 1 saturated heterocycles. The minimum Gasteiger partial charge on any atom is -0.369 e. The van der Waals surface area contributed by atoms with E-state index >= 15 is 0 Å². The Labute approximate surface area is 140 Å². The third-order valence-corrected chi connectivity index (χ3v) is 4.26. The second-order valence-corrected chi connectivity index (χ2v) is 6.03. The molecule has 0 radical (unpaired) electrons. The Morgan fingerprint density at radius 1 is 1.12 bits per heavy atom. The van der Waals surface area contributed by atoms with E-state index in [0.29, 0.717) is 19.5 Å². The quantitative estimate of drug-likeness (QED) is 0.872. The van der Waals surface area contributed by atoms with Gasteiger partial charge in [-0.15, -0.1) is 0 Å². The maximum Gasteiger partial charge on any atom is 0.224 e. The van der Waals surface area contributed by atoms with Gasteiger partial charge in [-0.1, -0.05) is 12.1 Å². The summed E-state index contributed by atoms with van der Waals surface area (Å²) in [7, 11) is 0. The average Bonchev–Trinajstić information content (AvgIpc) is 2.77. The number of carbonyl (C=O) groups is 3. The van der Waals surface area contributed by atoms with E-state index in [1.165, 1.54) is 19.1 Å². The topological polar surface area (TPSA) is 83.7 Å². The number of aryl methyl sites for hydroxylation is 1. The molecule has 3 amide bonds. The molecule has 2 rings (SSSR count). The Morgan fingerprint density at radius 3 is 2.29 bits per heavy atom. The first-order chi connectivity index (χ1) is 11.4. The number of hydrogen-bond donors (Lipinski definition) is 1. The van der Waals surface area contributed by atoms with Gasteiger partial charge in [-0.2, -0.15) is 0 Å². The molecule has 1 atom stereocenters. The molecule has 0 saturated carbocycles. The molecule has 1 aliphatic rings. The molecule has 24 heavy (non-hydrogen) atoms. The highest BCUT2D eigenvalue weighted by atomic mass is 19.1. The third-order valence-electron chi connectivity index (χ3n) is 4.26. The number of rotatable bonds is 4. The second kappa shape index (κ2) is 7.90. The SMILES string of the molecule is CC(=O)N1CCN(C(=O)CCc2ccc(F)cc2)CC(C(N)=O)C1. The summed E-state index contributed by atoms with van der Waals surface area (Å²) in [6.07, 6.45) is 0.754. The van der Waals surface area contributed by atoms with Crippen LogP contribution >= 0.6 is 0 Å². The minimum absolute atomic E-state index is 0.101. The zero-order valence-corrected chi connectivity index (χ0v) is 13.7. The van der Waals surface area contributed by atoms with Crippen LogP contribution in [0.4, 0.5) is 4.39 Å². The molecule has 130 valence electrons. The van der Waals surface area contributed by atoms with E-state index < -0.39 is 11.8 Å². The van der Waals surface area contributed by atoms with Crippen molar-refractivity contribution >= 4 is 17.7 Å². The highest BCUT2D eigenvalue weighted by Gasteiger charge is 2.29. The van der Waals surface area contributed by atoms with Crippen molar-refractivity contribution in [3.8, 4) is 0 Å². The fraction of sp³-hybridized carbons (Fsp3) is 0.471. The van der Waals surface area contributed by atoms with Crippen molar-refractivity contribution in [3.05, 3.63) is 35.6 Å². The van der Waals surface area contributed by atoms with E-state index in [0.717, 1.165) is 5.56 Å². The summed E-state index contributed by atoms with van der Waals surface area (Å²) in [6, 6.07) is 6.02. The summed E-state index contributed by atoms with van der Waals surface area (Å²) in [5.41, 5.74) is 6.26. The van der Waals surface area contributed by atoms with Crippen LogP contribution in [0.1, 0.15) is 18.9 Å². The van der Waals surface area contributed by atoms with Gasteiger partial charge in [0.1, 0.15) is 5.82 Å². The van der Waals surface area contributed by atoms with Gasteiger partial charge in [-0.05, 0) is 24.1 Å².